The van der Waals surface area contributed by atoms with E-state index < -0.39 is 5.97 Å². The van der Waals surface area contributed by atoms with Crippen LogP contribution in [0.5, 0.6) is 0 Å². The Morgan fingerprint density at radius 3 is 2.56 bits per heavy atom. The van der Waals surface area contributed by atoms with E-state index in [9.17, 15) is 4.79 Å². The van der Waals surface area contributed by atoms with Crippen LogP contribution in [0.1, 0.15) is 43.4 Å². The molecular weight excluding hydrogens is 246 g/mol. The van der Waals surface area contributed by atoms with Crippen LogP contribution in [0.15, 0.2) is 12.1 Å². The first kappa shape index (κ1) is 15.2. The van der Waals surface area contributed by atoms with Crippen LogP contribution < -0.4 is 0 Å². The topological polar surface area (TPSA) is 40.5 Å². The zero-order valence-corrected chi connectivity index (χ0v) is 12.3. The smallest absolute Gasteiger partial charge is 0.303 e. The molecule has 0 unspecified atom stereocenters. The number of rotatable bonds is 8. The molecule has 1 N–H and O–H groups in total. The number of carboxylic acids is 1. The molecule has 3 nitrogen and oxygen atoms in total. The second-order valence-corrected chi connectivity index (χ2v) is 6.04. The van der Waals surface area contributed by atoms with E-state index in [0.29, 0.717) is 6.04 Å². The van der Waals surface area contributed by atoms with E-state index in [1.165, 1.54) is 9.75 Å². The maximum atomic E-state index is 10.5. The predicted octanol–water partition coefficient (Wildman–Crippen LogP) is 3.39. The number of nitrogens with zero attached hydrogens (tertiary/aromatic N) is 1. The van der Waals surface area contributed by atoms with Crippen molar-refractivity contribution < 1.29 is 9.90 Å². The molecule has 18 heavy (non-hydrogen) atoms. The maximum Gasteiger partial charge on any atom is 0.303 e. The molecule has 1 rings (SSSR count). The second-order valence-electron chi connectivity index (χ2n) is 4.78. The van der Waals surface area contributed by atoms with Gasteiger partial charge in [-0.3, -0.25) is 9.69 Å². The highest BCUT2D eigenvalue weighted by Crippen LogP contribution is 2.20. The fraction of sp³-hybridized carbons (Fsp3) is 0.643. The molecule has 0 fully saturated rings. The minimum Gasteiger partial charge on any atom is -0.481 e. The van der Waals surface area contributed by atoms with Gasteiger partial charge in [0.15, 0.2) is 0 Å². The van der Waals surface area contributed by atoms with Gasteiger partial charge in [0.1, 0.15) is 0 Å². The lowest BCUT2D eigenvalue weighted by molar-refractivity contribution is -0.137. The predicted molar refractivity (Wildman–Crippen MR) is 76.1 cm³/mol. The third-order valence-corrected chi connectivity index (χ3v) is 4.21. The number of carbonyl (C=O) groups is 1. The van der Waals surface area contributed by atoms with Crippen LogP contribution in [0.2, 0.25) is 0 Å². The van der Waals surface area contributed by atoms with Crippen LogP contribution in [-0.4, -0.2) is 28.6 Å². The van der Waals surface area contributed by atoms with Crippen LogP contribution in [0, 0.1) is 0 Å². The Hall–Kier alpha value is -0.870. The van der Waals surface area contributed by atoms with E-state index in [-0.39, 0.29) is 6.42 Å². The summed E-state index contributed by atoms with van der Waals surface area (Å²) in [7, 11) is 0. The highest BCUT2D eigenvalue weighted by Gasteiger charge is 2.12. The largest absolute Gasteiger partial charge is 0.481 e. The van der Waals surface area contributed by atoms with Crippen molar-refractivity contribution in [1.29, 1.82) is 0 Å². The Kier molecular flexibility index (Phi) is 6.36. The summed E-state index contributed by atoms with van der Waals surface area (Å²) in [6.07, 6.45) is 2.07. The lowest BCUT2D eigenvalue weighted by atomic mass is 10.2. The van der Waals surface area contributed by atoms with Crippen molar-refractivity contribution in [3.63, 3.8) is 0 Å². The van der Waals surface area contributed by atoms with E-state index in [0.717, 1.165) is 25.9 Å². The molecule has 0 aromatic carbocycles. The van der Waals surface area contributed by atoms with Crippen molar-refractivity contribution >= 4 is 17.3 Å². The van der Waals surface area contributed by atoms with Crippen molar-refractivity contribution in [3.05, 3.63) is 21.9 Å². The maximum absolute atomic E-state index is 10.5. The van der Waals surface area contributed by atoms with Crippen molar-refractivity contribution in [3.8, 4) is 0 Å². The molecule has 0 saturated carbocycles. The summed E-state index contributed by atoms with van der Waals surface area (Å²) in [4.78, 5) is 15.7. The first-order chi connectivity index (χ1) is 8.52. The Morgan fingerprint density at radius 1 is 1.39 bits per heavy atom. The standard InChI is InChI=1S/C14H23NO2S/c1-4-12-7-8-13(18-12)10-15(11(2)3)9-5-6-14(16)17/h7-8,11H,4-6,9-10H2,1-3H3,(H,16,17). The normalized spacial score (nSPS) is 11.4. The lowest BCUT2D eigenvalue weighted by Gasteiger charge is -2.25. The van der Waals surface area contributed by atoms with Gasteiger partial charge in [-0.05, 0) is 45.4 Å². The molecule has 0 aliphatic rings. The molecule has 0 spiro atoms. The average molecular weight is 269 g/mol. The zero-order chi connectivity index (χ0) is 13.5. The summed E-state index contributed by atoms with van der Waals surface area (Å²) in [5.74, 6) is -0.705. The molecule has 0 bridgehead atoms. The molecule has 0 aliphatic carbocycles. The number of thiophene rings is 1. The summed E-state index contributed by atoms with van der Waals surface area (Å²) in [6.45, 7) is 8.28. The first-order valence-electron chi connectivity index (χ1n) is 6.56. The van der Waals surface area contributed by atoms with Crippen molar-refractivity contribution in [1.82, 2.24) is 4.90 Å². The highest BCUT2D eigenvalue weighted by molar-refractivity contribution is 7.11. The monoisotopic (exact) mass is 269 g/mol. The summed E-state index contributed by atoms with van der Waals surface area (Å²) < 4.78 is 0. The van der Waals surface area contributed by atoms with E-state index in [4.69, 9.17) is 5.11 Å². The van der Waals surface area contributed by atoms with Gasteiger partial charge in [0.05, 0.1) is 0 Å². The van der Waals surface area contributed by atoms with E-state index in [1.807, 2.05) is 11.3 Å². The quantitative estimate of drug-likeness (QED) is 0.786. The van der Waals surface area contributed by atoms with Gasteiger partial charge in [0.2, 0.25) is 0 Å². The van der Waals surface area contributed by atoms with Gasteiger partial charge in [-0.15, -0.1) is 11.3 Å². The van der Waals surface area contributed by atoms with Crippen LogP contribution in [-0.2, 0) is 17.8 Å². The Bertz CT molecular complexity index is 374. The number of hydrogen-bond donors (Lipinski definition) is 1. The van der Waals surface area contributed by atoms with Crippen LogP contribution in [0.4, 0.5) is 0 Å². The number of carboxylic acid groups (broad SMARTS) is 1. The molecule has 0 aliphatic heterocycles. The molecule has 1 aromatic heterocycles. The minimum atomic E-state index is -0.705. The molecule has 1 heterocycles. The van der Waals surface area contributed by atoms with Gasteiger partial charge in [0.25, 0.3) is 0 Å². The lowest BCUT2D eigenvalue weighted by Crippen LogP contribution is -2.31. The van der Waals surface area contributed by atoms with Gasteiger partial charge in [-0.25, -0.2) is 0 Å². The highest BCUT2D eigenvalue weighted by atomic mass is 32.1. The molecule has 0 atom stereocenters. The number of hydrogen-bond acceptors (Lipinski definition) is 3. The average Bonchev–Trinajstić information content (AvgIpc) is 2.74. The molecule has 1 aromatic rings. The van der Waals surface area contributed by atoms with E-state index in [2.05, 4.69) is 37.8 Å². The van der Waals surface area contributed by atoms with Crippen LogP contribution in [0.25, 0.3) is 0 Å². The fourth-order valence-electron chi connectivity index (χ4n) is 1.85. The van der Waals surface area contributed by atoms with E-state index >= 15 is 0 Å². The van der Waals surface area contributed by atoms with Crippen molar-refractivity contribution in [2.24, 2.45) is 0 Å². The Labute approximate surface area is 113 Å². The third-order valence-electron chi connectivity index (χ3n) is 2.99. The van der Waals surface area contributed by atoms with Gasteiger partial charge in [-0.2, -0.15) is 0 Å². The van der Waals surface area contributed by atoms with Crippen LogP contribution >= 0.6 is 11.3 Å². The van der Waals surface area contributed by atoms with Gasteiger partial charge in [-0.1, -0.05) is 6.92 Å². The van der Waals surface area contributed by atoms with Crippen molar-refractivity contribution in [2.45, 2.75) is 52.6 Å². The first-order valence-corrected chi connectivity index (χ1v) is 7.38. The molecule has 102 valence electrons. The summed E-state index contributed by atoms with van der Waals surface area (Å²) in [5.41, 5.74) is 0. The molecule has 0 radical (unpaired) electrons. The molecule has 0 amide bonds. The molecule has 4 heteroatoms. The summed E-state index contributed by atoms with van der Waals surface area (Å²) in [6, 6.07) is 4.83. The zero-order valence-electron chi connectivity index (χ0n) is 11.5. The summed E-state index contributed by atoms with van der Waals surface area (Å²) >= 11 is 1.86. The summed E-state index contributed by atoms with van der Waals surface area (Å²) in [5, 5.41) is 8.67. The number of aliphatic carboxylic acids is 1. The Balaban J connectivity index is 2.49. The van der Waals surface area contributed by atoms with Crippen LogP contribution in [0.3, 0.4) is 0 Å². The van der Waals surface area contributed by atoms with Gasteiger partial charge < -0.3 is 5.11 Å². The third kappa shape index (κ3) is 5.19. The van der Waals surface area contributed by atoms with E-state index in [1.54, 1.807) is 0 Å². The van der Waals surface area contributed by atoms with Crippen molar-refractivity contribution in [2.75, 3.05) is 6.54 Å². The fourth-order valence-corrected chi connectivity index (χ4v) is 2.83. The molecule has 0 saturated heterocycles. The SMILES string of the molecule is CCc1ccc(CN(CCCC(=O)O)C(C)C)s1. The van der Waals surface area contributed by atoms with Gasteiger partial charge >= 0.3 is 5.97 Å². The Morgan fingerprint density at radius 2 is 2.06 bits per heavy atom. The second kappa shape index (κ2) is 7.54. The molecular formula is C14H23NO2S. The number of aryl methyl sites for hydroxylation is 1. The minimum absolute atomic E-state index is 0.258. The van der Waals surface area contributed by atoms with Gasteiger partial charge in [0, 0.05) is 28.8 Å².